The van der Waals surface area contributed by atoms with E-state index < -0.39 is 0 Å². The van der Waals surface area contributed by atoms with Gasteiger partial charge in [0.05, 0.1) is 0 Å². The molecule has 0 aromatic heterocycles. The van der Waals surface area contributed by atoms with Gasteiger partial charge in [-0.1, -0.05) is 0 Å². The molecular weight excluding hydrogens is 92.1 g/mol. The smallest absolute Gasteiger partial charge is 0.267 e. The summed E-state index contributed by atoms with van der Waals surface area (Å²) in [6.45, 7) is 0. The van der Waals surface area contributed by atoms with Gasteiger partial charge in [-0.15, -0.1) is 5.11 Å². The molecule has 1 N–H and O–H groups in total. The van der Waals surface area contributed by atoms with Crippen molar-refractivity contribution in [1.82, 2.24) is 0 Å². The van der Waals surface area contributed by atoms with Crippen LogP contribution in [0.3, 0.4) is 0 Å². The van der Waals surface area contributed by atoms with Gasteiger partial charge in [0.25, 0.3) is 5.91 Å². The molecule has 3 nitrogen and oxygen atoms in total. The van der Waals surface area contributed by atoms with Crippen LogP contribution < -0.4 is 0 Å². The summed E-state index contributed by atoms with van der Waals surface area (Å²) in [6, 6.07) is 0. The minimum Gasteiger partial charge on any atom is -0.271 e. The second-order valence-corrected chi connectivity index (χ2v) is 1.72. The molecule has 0 radical (unpaired) electrons. The highest BCUT2D eigenvalue weighted by Crippen LogP contribution is 2.29. The third kappa shape index (κ3) is 0.824. The molecule has 1 fully saturated rings. The number of nitrogens with one attached hydrogen (secondary N) is 1. The van der Waals surface area contributed by atoms with Crippen molar-refractivity contribution in [3.63, 3.8) is 0 Å². The normalized spacial score (nSPS) is 18.9. The second kappa shape index (κ2) is 1.40. The van der Waals surface area contributed by atoms with Crippen LogP contribution in [0.15, 0.2) is 5.11 Å². The van der Waals surface area contributed by atoms with E-state index in [1.54, 1.807) is 0 Å². The Morgan fingerprint density at radius 2 is 2.29 bits per heavy atom. The molecule has 0 aromatic carbocycles. The lowest BCUT2D eigenvalue weighted by atomic mass is 10.4. The van der Waals surface area contributed by atoms with Gasteiger partial charge in [-0.3, -0.25) is 4.79 Å². The highest BCUT2D eigenvalue weighted by molar-refractivity contribution is 5.80. The molecule has 1 amide bonds. The van der Waals surface area contributed by atoms with Crippen molar-refractivity contribution in [2.75, 3.05) is 0 Å². The maximum Gasteiger partial charge on any atom is 0.267 e. The first kappa shape index (κ1) is 4.43. The zero-order valence-corrected chi connectivity index (χ0v) is 3.85. The summed E-state index contributed by atoms with van der Waals surface area (Å²) < 4.78 is 0. The Morgan fingerprint density at radius 1 is 1.71 bits per heavy atom. The van der Waals surface area contributed by atoms with E-state index in [0.29, 0.717) is 0 Å². The first-order valence-electron chi connectivity index (χ1n) is 2.26. The van der Waals surface area contributed by atoms with Crippen molar-refractivity contribution >= 4 is 5.91 Å². The molecule has 1 saturated carbocycles. The molecule has 7 heavy (non-hydrogen) atoms. The molecule has 0 aliphatic heterocycles. The van der Waals surface area contributed by atoms with E-state index in [1.165, 1.54) is 0 Å². The van der Waals surface area contributed by atoms with Crippen LogP contribution in [0.2, 0.25) is 0 Å². The van der Waals surface area contributed by atoms with Gasteiger partial charge in [0.1, 0.15) is 0 Å². The Labute approximate surface area is 41.2 Å². The largest absolute Gasteiger partial charge is 0.271 e. The maximum atomic E-state index is 10.2. The number of rotatable bonds is 1. The van der Waals surface area contributed by atoms with Crippen LogP contribution in [0.4, 0.5) is 0 Å². The van der Waals surface area contributed by atoms with Crippen molar-refractivity contribution in [3.05, 3.63) is 0 Å². The topological polar surface area (TPSA) is 53.3 Å². The average molecular weight is 98.1 g/mol. The predicted molar refractivity (Wildman–Crippen MR) is 22.9 cm³/mol. The zero-order valence-electron chi connectivity index (χ0n) is 3.85. The summed E-state index contributed by atoms with van der Waals surface area (Å²) in [6.07, 6.45) is 1.89. The van der Waals surface area contributed by atoms with Gasteiger partial charge in [0.2, 0.25) is 0 Å². The Balaban J connectivity index is 2.37. The molecular formula is C4H6N2O. The van der Waals surface area contributed by atoms with Crippen LogP contribution in [0.25, 0.3) is 0 Å². The fraction of sp³-hybridized carbons (Fsp3) is 0.750. The lowest BCUT2D eigenvalue weighted by Gasteiger charge is -1.76. The summed E-state index contributed by atoms with van der Waals surface area (Å²) in [7, 11) is 0. The maximum absolute atomic E-state index is 10.2. The molecule has 1 rings (SSSR count). The first-order valence-corrected chi connectivity index (χ1v) is 2.26. The third-order valence-corrected chi connectivity index (χ3v) is 1.04. The first-order chi connectivity index (χ1) is 3.34. The monoisotopic (exact) mass is 98.0 g/mol. The average Bonchev–Trinajstić information content (AvgIpc) is 2.44. The van der Waals surface area contributed by atoms with Gasteiger partial charge in [-0.25, -0.2) is 5.53 Å². The fourth-order valence-electron chi connectivity index (χ4n) is 0.422. The number of amides is 1. The summed E-state index contributed by atoms with van der Waals surface area (Å²) in [4.78, 5) is 10.2. The van der Waals surface area contributed by atoms with Crippen LogP contribution in [-0.4, -0.2) is 5.91 Å². The Bertz CT molecular complexity index is 106. The van der Waals surface area contributed by atoms with Crippen LogP contribution in [0, 0.1) is 11.4 Å². The molecule has 38 valence electrons. The Kier molecular flexibility index (Phi) is 0.889. The number of nitrogens with zero attached hydrogens (tertiary/aromatic N) is 1. The molecule has 1 aliphatic carbocycles. The molecule has 1 aliphatic rings. The quantitative estimate of drug-likeness (QED) is 0.488. The fourth-order valence-corrected chi connectivity index (χ4v) is 0.422. The molecule has 0 unspecified atom stereocenters. The van der Waals surface area contributed by atoms with E-state index in [0.717, 1.165) is 12.8 Å². The molecule has 3 heteroatoms. The van der Waals surface area contributed by atoms with Crippen LogP contribution >= 0.6 is 0 Å². The third-order valence-electron chi connectivity index (χ3n) is 1.04. The standard InChI is InChI=1S/C4H6N2O/c5-6-4(7)3-1-2-3/h3,5H,1-2H2. The molecule has 0 bridgehead atoms. The van der Waals surface area contributed by atoms with Gasteiger partial charge in [0, 0.05) is 5.92 Å². The van der Waals surface area contributed by atoms with E-state index in [1.807, 2.05) is 0 Å². The summed E-state index contributed by atoms with van der Waals surface area (Å²) in [5.74, 6) is -0.127. The number of carbonyl (C=O) groups excluding carboxylic acids is 1. The minimum absolute atomic E-state index is 0.123. The van der Waals surface area contributed by atoms with Crippen molar-refractivity contribution < 1.29 is 4.79 Å². The van der Waals surface area contributed by atoms with Crippen LogP contribution in [0.1, 0.15) is 12.8 Å². The van der Waals surface area contributed by atoms with Crippen molar-refractivity contribution in [2.45, 2.75) is 12.8 Å². The van der Waals surface area contributed by atoms with Gasteiger partial charge >= 0.3 is 0 Å². The lowest BCUT2D eigenvalue weighted by molar-refractivity contribution is -0.119. The SMILES string of the molecule is N=NC(=O)C1CC1. The van der Waals surface area contributed by atoms with Gasteiger partial charge < -0.3 is 0 Å². The Morgan fingerprint density at radius 3 is 2.43 bits per heavy atom. The van der Waals surface area contributed by atoms with Gasteiger partial charge in [-0.05, 0) is 12.8 Å². The molecule has 0 spiro atoms. The van der Waals surface area contributed by atoms with Crippen molar-refractivity contribution in [1.29, 1.82) is 5.53 Å². The van der Waals surface area contributed by atoms with Crippen LogP contribution in [0.5, 0.6) is 0 Å². The molecule has 0 saturated heterocycles. The predicted octanol–water partition coefficient (Wildman–Crippen LogP) is 0.954. The lowest BCUT2D eigenvalue weighted by Crippen LogP contribution is -1.91. The molecule has 0 atom stereocenters. The van der Waals surface area contributed by atoms with Crippen molar-refractivity contribution in [3.8, 4) is 0 Å². The van der Waals surface area contributed by atoms with E-state index >= 15 is 0 Å². The van der Waals surface area contributed by atoms with Crippen LogP contribution in [-0.2, 0) is 4.79 Å². The minimum atomic E-state index is -0.250. The molecule has 0 aromatic rings. The van der Waals surface area contributed by atoms with Gasteiger partial charge in [-0.2, -0.15) is 0 Å². The second-order valence-electron chi connectivity index (χ2n) is 1.72. The highest BCUT2D eigenvalue weighted by atomic mass is 16.1. The van der Waals surface area contributed by atoms with Crippen molar-refractivity contribution in [2.24, 2.45) is 11.0 Å². The summed E-state index contributed by atoms with van der Waals surface area (Å²) in [5.41, 5.74) is 6.25. The number of carbonyl (C=O) groups is 1. The van der Waals surface area contributed by atoms with E-state index in [2.05, 4.69) is 5.11 Å². The van der Waals surface area contributed by atoms with E-state index in [4.69, 9.17) is 5.53 Å². The summed E-state index contributed by atoms with van der Waals surface area (Å²) >= 11 is 0. The van der Waals surface area contributed by atoms with Gasteiger partial charge in [0.15, 0.2) is 0 Å². The molecule has 0 heterocycles. The Hall–Kier alpha value is -0.730. The highest BCUT2D eigenvalue weighted by Gasteiger charge is 2.29. The van der Waals surface area contributed by atoms with E-state index in [-0.39, 0.29) is 11.8 Å². The van der Waals surface area contributed by atoms with E-state index in [9.17, 15) is 4.79 Å². The zero-order chi connectivity index (χ0) is 5.28. The number of hydrogen-bond donors (Lipinski definition) is 1. The summed E-state index contributed by atoms with van der Waals surface area (Å²) in [5, 5.41) is 2.76. The number of hydrogen-bond acceptors (Lipinski definition) is 2.